The molecule has 2 heterocycles. The third kappa shape index (κ3) is 3.11. The molecule has 0 radical (unpaired) electrons. The molecule has 4 N–H and O–H groups in total. The summed E-state index contributed by atoms with van der Waals surface area (Å²) in [6, 6.07) is 1.61. The van der Waals surface area contributed by atoms with E-state index in [2.05, 4.69) is 20.5 Å². The highest BCUT2D eigenvalue weighted by Gasteiger charge is 2.20. The van der Waals surface area contributed by atoms with Crippen molar-refractivity contribution in [2.45, 2.75) is 26.7 Å². The van der Waals surface area contributed by atoms with Gasteiger partial charge >= 0.3 is 0 Å². The van der Waals surface area contributed by atoms with Crippen LogP contribution in [0.25, 0.3) is 0 Å². The molecule has 0 saturated carbocycles. The third-order valence-corrected chi connectivity index (χ3v) is 3.47. The minimum Gasteiger partial charge on any atom is -0.395 e. The number of H-pyrrole nitrogens is 1. The Morgan fingerprint density at radius 3 is 2.62 bits per heavy atom. The van der Waals surface area contributed by atoms with Crippen LogP contribution < -0.4 is 11.1 Å². The van der Waals surface area contributed by atoms with Crippen molar-refractivity contribution in [3.05, 3.63) is 33.3 Å². The fourth-order valence-corrected chi connectivity index (χ4v) is 2.47. The summed E-state index contributed by atoms with van der Waals surface area (Å²) in [5.41, 5.74) is 8.20. The average molecular weight is 328 g/mol. The molecule has 0 spiro atoms. The van der Waals surface area contributed by atoms with Crippen molar-refractivity contribution in [1.82, 2.24) is 15.2 Å². The van der Waals surface area contributed by atoms with Gasteiger partial charge in [0.25, 0.3) is 5.91 Å². The number of pyridine rings is 1. The smallest absolute Gasteiger partial charge is 0.278 e. The van der Waals surface area contributed by atoms with Crippen molar-refractivity contribution in [2.24, 2.45) is 0 Å². The molecule has 0 aliphatic carbocycles. The summed E-state index contributed by atoms with van der Waals surface area (Å²) in [6.07, 6.45) is 0. The maximum absolute atomic E-state index is 12.3. The first-order valence-corrected chi connectivity index (χ1v) is 7.04. The summed E-state index contributed by atoms with van der Waals surface area (Å²) < 4.78 is 0. The van der Waals surface area contributed by atoms with Gasteiger partial charge in [-0.25, -0.2) is 4.98 Å². The van der Waals surface area contributed by atoms with Crippen LogP contribution in [-0.4, -0.2) is 21.1 Å². The standard InChI is InChI=1S/C13H15Cl2N5O/c1-5(2)9-8(16)11(20-19-9)13(21)18-10-6(3)4-7(14)17-12(10)15/h4-5H,16H2,1-3H3,(H,18,21)(H,19,20). The Balaban J connectivity index is 2.31. The zero-order valence-electron chi connectivity index (χ0n) is 11.8. The number of aromatic nitrogens is 3. The highest BCUT2D eigenvalue weighted by atomic mass is 35.5. The first-order chi connectivity index (χ1) is 9.81. The number of aryl methyl sites for hydroxylation is 1. The Morgan fingerprint density at radius 1 is 1.43 bits per heavy atom. The van der Waals surface area contributed by atoms with E-state index >= 15 is 0 Å². The Kier molecular flexibility index (Phi) is 4.39. The van der Waals surface area contributed by atoms with Crippen molar-refractivity contribution in [3.63, 3.8) is 0 Å². The van der Waals surface area contributed by atoms with Gasteiger partial charge in [-0.3, -0.25) is 9.89 Å². The Bertz CT molecular complexity index is 673. The van der Waals surface area contributed by atoms with Crippen LogP contribution in [0.4, 0.5) is 11.4 Å². The van der Waals surface area contributed by atoms with Crippen LogP contribution in [0.3, 0.4) is 0 Å². The summed E-state index contributed by atoms with van der Waals surface area (Å²) in [5.74, 6) is -0.314. The van der Waals surface area contributed by atoms with Gasteiger partial charge in [0.1, 0.15) is 5.15 Å². The van der Waals surface area contributed by atoms with E-state index in [1.165, 1.54) is 0 Å². The second kappa shape index (κ2) is 5.91. The molecule has 0 aliphatic rings. The van der Waals surface area contributed by atoms with Crippen LogP contribution in [0.5, 0.6) is 0 Å². The normalized spacial score (nSPS) is 11.0. The number of carbonyl (C=O) groups excluding carboxylic acids is 1. The molecule has 2 aromatic heterocycles. The van der Waals surface area contributed by atoms with Crippen LogP contribution in [0.15, 0.2) is 6.07 Å². The maximum Gasteiger partial charge on any atom is 0.278 e. The lowest BCUT2D eigenvalue weighted by Gasteiger charge is -2.09. The first kappa shape index (κ1) is 15.6. The number of nitrogens with two attached hydrogens (primary N) is 1. The van der Waals surface area contributed by atoms with E-state index in [0.717, 1.165) is 5.69 Å². The predicted molar refractivity (Wildman–Crippen MR) is 84.0 cm³/mol. The number of carbonyl (C=O) groups is 1. The highest BCUT2D eigenvalue weighted by Crippen LogP contribution is 2.28. The summed E-state index contributed by atoms with van der Waals surface area (Å²) in [4.78, 5) is 16.2. The van der Waals surface area contributed by atoms with Crippen molar-refractivity contribution in [1.29, 1.82) is 0 Å². The molecule has 0 atom stereocenters. The van der Waals surface area contributed by atoms with Gasteiger partial charge in [-0.2, -0.15) is 5.10 Å². The predicted octanol–water partition coefficient (Wildman–Crippen LogP) is 3.38. The zero-order valence-corrected chi connectivity index (χ0v) is 13.3. The summed E-state index contributed by atoms with van der Waals surface area (Å²) >= 11 is 11.8. The molecule has 112 valence electrons. The maximum atomic E-state index is 12.3. The number of nitrogens with one attached hydrogen (secondary N) is 2. The number of nitrogen functional groups attached to an aromatic ring is 1. The number of amides is 1. The van der Waals surface area contributed by atoms with Crippen LogP contribution in [-0.2, 0) is 0 Å². The van der Waals surface area contributed by atoms with E-state index in [4.69, 9.17) is 28.9 Å². The van der Waals surface area contributed by atoms with Crippen LogP contribution >= 0.6 is 23.2 Å². The van der Waals surface area contributed by atoms with Gasteiger partial charge < -0.3 is 11.1 Å². The highest BCUT2D eigenvalue weighted by molar-refractivity contribution is 6.35. The van der Waals surface area contributed by atoms with Gasteiger partial charge in [-0.05, 0) is 24.5 Å². The average Bonchev–Trinajstić information content (AvgIpc) is 2.75. The summed E-state index contributed by atoms with van der Waals surface area (Å²) in [6.45, 7) is 5.67. The van der Waals surface area contributed by atoms with Gasteiger partial charge in [0.2, 0.25) is 0 Å². The largest absolute Gasteiger partial charge is 0.395 e. The van der Waals surface area contributed by atoms with Crippen molar-refractivity contribution < 1.29 is 4.79 Å². The van der Waals surface area contributed by atoms with E-state index in [1.807, 2.05) is 13.8 Å². The zero-order chi connectivity index (χ0) is 15.7. The molecule has 0 saturated heterocycles. The molecule has 8 heteroatoms. The number of aromatic amines is 1. The van der Waals surface area contributed by atoms with Gasteiger partial charge in [0.05, 0.1) is 17.1 Å². The van der Waals surface area contributed by atoms with Gasteiger partial charge in [0, 0.05) is 0 Å². The van der Waals surface area contributed by atoms with Gasteiger partial charge in [-0.1, -0.05) is 37.0 Å². The number of nitrogens with zero attached hydrogens (tertiary/aromatic N) is 2. The molecule has 0 aromatic carbocycles. The fourth-order valence-electron chi connectivity index (χ4n) is 1.90. The Labute approximate surface area is 132 Å². The Morgan fingerprint density at radius 2 is 2.10 bits per heavy atom. The molecule has 0 bridgehead atoms. The van der Waals surface area contributed by atoms with Crippen LogP contribution in [0, 0.1) is 6.92 Å². The van der Waals surface area contributed by atoms with Gasteiger partial charge in [-0.15, -0.1) is 0 Å². The van der Waals surface area contributed by atoms with Crippen molar-refractivity contribution in [3.8, 4) is 0 Å². The molecule has 0 fully saturated rings. The first-order valence-electron chi connectivity index (χ1n) is 6.29. The van der Waals surface area contributed by atoms with E-state index in [9.17, 15) is 4.79 Å². The minimum absolute atomic E-state index is 0.117. The second-order valence-electron chi connectivity index (χ2n) is 4.94. The third-order valence-electron chi connectivity index (χ3n) is 3.01. The quantitative estimate of drug-likeness (QED) is 0.753. The topological polar surface area (TPSA) is 96.7 Å². The van der Waals surface area contributed by atoms with E-state index in [1.54, 1.807) is 13.0 Å². The van der Waals surface area contributed by atoms with Crippen molar-refractivity contribution >= 4 is 40.5 Å². The molecular formula is C13H15Cl2N5O. The molecule has 0 aliphatic heterocycles. The summed E-state index contributed by atoms with van der Waals surface area (Å²) in [5, 5.41) is 9.77. The summed E-state index contributed by atoms with van der Waals surface area (Å²) in [7, 11) is 0. The molecule has 6 nitrogen and oxygen atoms in total. The SMILES string of the molecule is Cc1cc(Cl)nc(Cl)c1NC(=O)c1n[nH]c(C(C)C)c1N. The lowest BCUT2D eigenvalue weighted by atomic mass is 10.1. The van der Waals surface area contributed by atoms with Gasteiger partial charge in [0.15, 0.2) is 10.8 Å². The number of hydrogen-bond acceptors (Lipinski definition) is 4. The fraction of sp³-hybridized carbons (Fsp3) is 0.308. The molecule has 2 aromatic rings. The molecule has 0 unspecified atom stereocenters. The number of rotatable bonds is 3. The van der Waals surface area contributed by atoms with Crippen LogP contribution in [0.1, 0.15) is 41.5 Å². The molecular weight excluding hydrogens is 313 g/mol. The lowest BCUT2D eigenvalue weighted by Crippen LogP contribution is -2.16. The van der Waals surface area contributed by atoms with E-state index in [-0.39, 0.29) is 21.9 Å². The van der Waals surface area contributed by atoms with Crippen LogP contribution in [0.2, 0.25) is 10.3 Å². The second-order valence-corrected chi connectivity index (χ2v) is 5.68. The number of hydrogen-bond donors (Lipinski definition) is 3. The lowest BCUT2D eigenvalue weighted by molar-refractivity contribution is 0.102. The van der Waals surface area contributed by atoms with E-state index in [0.29, 0.717) is 16.9 Å². The van der Waals surface area contributed by atoms with E-state index < -0.39 is 5.91 Å². The molecule has 2 rings (SSSR count). The minimum atomic E-state index is -0.454. The number of anilines is 2. The Hall–Kier alpha value is -1.79. The van der Waals surface area contributed by atoms with Crippen molar-refractivity contribution in [2.75, 3.05) is 11.1 Å². The number of halogens is 2. The monoisotopic (exact) mass is 327 g/mol. The molecule has 1 amide bonds. The molecule has 21 heavy (non-hydrogen) atoms.